The minimum atomic E-state index is -0.514. The van der Waals surface area contributed by atoms with Gasteiger partial charge in [0.1, 0.15) is 5.75 Å². The Morgan fingerprint density at radius 1 is 1.33 bits per heavy atom. The fraction of sp³-hybridized carbons (Fsp3) is 0.455. The summed E-state index contributed by atoms with van der Waals surface area (Å²) in [6, 6.07) is 7.58. The van der Waals surface area contributed by atoms with Gasteiger partial charge in [0.15, 0.2) is 0 Å². The zero-order valence-electron chi connectivity index (χ0n) is 9.06. The molecular weight excluding hydrogens is 194 g/mol. The highest BCUT2D eigenvalue weighted by Gasteiger charge is 2.05. The zero-order valence-corrected chi connectivity index (χ0v) is 9.06. The number of rotatable bonds is 6. The van der Waals surface area contributed by atoms with E-state index in [-0.39, 0.29) is 0 Å². The molecule has 0 fully saturated rings. The van der Waals surface area contributed by atoms with Crippen molar-refractivity contribution >= 4 is 5.69 Å². The van der Waals surface area contributed by atoms with Crippen LogP contribution in [0.4, 0.5) is 5.69 Å². The Kier molecular flexibility index (Phi) is 4.93. The number of aliphatic hydroxyl groups excluding tert-OH is 1. The van der Waals surface area contributed by atoms with E-state index in [2.05, 4.69) is 5.32 Å². The van der Waals surface area contributed by atoms with Crippen LogP contribution in [0.15, 0.2) is 24.3 Å². The smallest absolute Gasteiger partial charge is 0.141 e. The van der Waals surface area contributed by atoms with Crippen molar-refractivity contribution in [2.45, 2.75) is 6.10 Å². The van der Waals surface area contributed by atoms with Gasteiger partial charge < -0.3 is 19.9 Å². The molecule has 1 aromatic carbocycles. The molecule has 0 saturated heterocycles. The lowest BCUT2D eigenvalue weighted by Gasteiger charge is -2.14. The number of anilines is 1. The average Bonchev–Trinajstić information content (AvgIpc) is 2.27. The third-order valence-electron chi connectivity index (χ3n) is 1.99. The van der Waals surface area contributed by atoms with Gasteiger partial charge in [-0.05, 0) is 12.1 Å². The van der Waals surface area contributed by atoms with Crippen molar-refractivity contribution in [3.63, 3.8) is 0 Å². The summed E-state index contributed by atoms with van der Waals surface area (Å²) in [5.41, 5.74) is 0.871. The van der Waals surface area contributed by atoms with Gasteiger partial charge in [-0.1, -0.05) is 12.1 Å². The predicted molar refractivity (Wildman–Crippen MR) is 59.4 cm³/mol. The summed E-state index contributed by atoms with van der Waals surface area (Å²) in [6.45, 7) is 0.760. The first-order valence-electron chi connectivity index (χ1n) is 4.81. The maximum Gasteiger partial charge on any atom is 0.141 e. The fourth-order valence-electron chi connectivity index (χ4n) is 1.27. The van der Waals surface area contributed by atoms with Crippen molar-refractivity contribution in [1.29, 1.82) is 0 Å². The third kappa shape index (κ3) is 3.77. The van der Waals surface area contributed by atoms with Gasteiger partial charge in [0.2, 0.25) is 0 Å². The lowest BCUT2D eigenvalue weighted by atomic mass is 10.2. The van der Waals surface area contributed by atoms with E-state index in [1.165, 1.54) is 0 Å². The Morgan fingerprint density at radius 3 is 2.73 bits per heavy atom. The molecule has 0 radical (unpaired) electrons. The van der Waals surface area contributed by atoms with Crippen LogP contribution in [0.1, 0.15) is 0 Å². The highest BCUT2D eigenvalue weighted by molar-refractivity contribution is 5.56. The monoisotopic (exact) mass is 211 g/mol. The molecule has 0 bridgehead atoms. The largest absolute Gasteiger partial charge is 0.495 e. The van der Waals surface area contributed by atoms with Gasteiger partial charge in [-0.2, -0.15) is 0 Å². The number of hydrogen-bond acceptors (Lipinski definition) is 4. The summed E-state index contributed by atoms with van der Waals surface area (Å²) in [6.07, 6.45) is -0.514. The van der Waals surface area contributed by atoms with E-state index in [0.717, 1.165) is 11.4 Å². The maximum atomic E-state index is 9.45. The van der Waals surface area contributed by atoms with E-state index in [9.17, 15) is 5.11 Å². The molecule has 0 amide bonds. The van der Waals surface area contributed by atoms with Crippen LogP contribution in [0.2, 0.25) is 0 Å². The molecule has 0 saturated carbocycles. The van der Waals surface area contributed by atoms with Crippen LogP contribution in [0, 0.1) is 0 Å². The van der Waals surface area contributed by atoms with Gasteiger partial charge in [-0.3, -0.25) is 0 Å². The molecule has 4 heteroatoms. The molecule has 4 nitrogen and oxygen atoms in total. The summed E-state index contributed by atoms with van der Waals surface area (Å²) in [5.74, 6) is 0.766. The molecule has 2 N–H and O–H groups in total. The summed E-state index contributed by atoms with van der Waals surface area (Å²) in [5, 5.41) is 12.5. The Morgan fingerprint density at radius 2 is 2.07 bits per heavy atom. The number of para-hydroxylation sites is 2. The van der Waals surface area contributed by atoms with Crippen molar-refractivity contribution in [2.75, 3.05) is 32.7 Å². The summed E-state index contributed by atoms with van der Waals surface area (Å²) >= 11 is 0. The average molecular weight is 211 g/mol. The first-order valence-corrected chi connectivity index (χ1v) is 4.81. The second-order valence-corrected chi connectivity index (χ2v) is 3.19. The molecule has 15 heavy (non-hydrogen) atoms. The number of hydrogen-bond donors (Lipinski definition) is 2. The molecule has 0 unspecified atom stereocenters. The Balaban J connectivity index is 2.49. The molecule has 0 aliphatic carbocycles. The Labute approximate surface area is 89.8 Å². The van der Waals surface area contributed by atoms with E-state index in [0.29, 0.717) is 13.2 Å². The molecule has 1 atom stereocenters. The first-order chi connectivity index (χ1) is 7.27. The quantitative estimate of drug-likeness (QED) is 0.740. The maximum absolute atomic E-state index is 9.45. The van der Waals surface area contributed by atoms with Gasteiger partial charge in [-0.15, -0.1) is 0 Å². The number of methoxy groups -OCH3 is 2. The number of ether oxygens (including phenoxy) is 2. The Bertz CT molecular complexity index is 291. The van der Waals surface area contributed by atoms with Crippen LogP contribution >= 0.6 is 0 Å². The summed E-state index contributed by atoms with van der Waals surface area (Å²) < 4.78 is 9.99. The second kappa shape index (κ2) is 6.27. The molecule has 0 heterocycles. The molecular formula is C11H17NO3. The van der Waals surface area contributed by atoms with Crippen molar-refractivity contribution in [3.05, 3.63) is 24.3 Å². The highest BCUT2D eigenvalue weighted by Crippen LogP contribution is 2.22. The van der Waals surface area contributed by atoms with E-state index < -0.39 is 6.10 Å². The minimum absolute atomic E-state index is 0.322. The van der Waals surface area contributed by atoms with E-state index in [1.807, 2.05) is 24.3 Å². The standard InChI is InChI=1S/C11H17NO3/c1-14-8-9(13)7-12-10-5-3-4-6-11(10)15-2/h3-6,9,12-13H,7-8H2,1-2H3/t9-/m1/s1. The SMILES string of the molecule is COC[C@H](O)CNc1ccccc1OC. The highest BCUT2D eigenvalue weighted by atomic mass is 16.5. The van der Waals surface area contributed by atoms with Crippen LogP contribution in [0.3, 0.4) is 0 Å². The molecule has 0 aliphatic heterocycles. The summed E-state index contributed by atoms with van der Waals surface area (Å²) in [4.78, 5) is 0. The fourth-order valence-corrected chi connectivity index (χ4v) is 1.27. The van der Waals surface area contributed by atoms with Gasteiger partial charge in [0, 0.05) is 13.7 Å². The molecule has 1 rings (SSSR count). The van der Waals surface area contributed by atoms with Crippen LogP contribution < -0.4 is 10.1 Å². The predicted octanol–water partition coefficient (Wildman–Crippen LogP) is 1.11. The molecule has 0 aromatic heterocycles. The second-order valence-electron chi connectivity index (χ2n) is 3.19. The van der Waals surface area contributed by atoms with E-state index in [4.69, 9.17) is 9.47 Å². The van der Waals surface area contributed by atoms with Gasteiger partial charge in [-0.25, -0.2) is 0 Å². The first kappa shape index (κ1) is 11.8. The van der Waals surface area contributed by atoms with Gasteiger partial charge >= 0.3 is 0 Å². The van der Waals surface area contributed by atoms with E-state index in [1.54, 1.807) is 14.2 Å². The van der Waals surface area contributed by atoms with E-state index >= 15 is 0 Å². The lowest BCUT2D eigenvalue weighted by molar-refractivity contribution is 0.0727. The molecule has 0 aliphatic rings. The van der Waals surface area contributed by atoms with Crippen molar-refractivity contribution in [3.8, 4) is 5.75 Å². The lowest BCUT2D eigenvalue weighted by Crippen LogP contribution is -2.24. The normalized spacial score (nSPS) is 12.2. The topological polar surface area (TPSA) is 50.7 Å². The number of nitrogens with one attached hydrogen (secondary N) is 1. The van der Waals surface area contributed by atoms with Crippen LogP contribution in [0.25, 0.3) is 0 Å². The third-order valence-corrected chi connectivity index (χ3v) is 1.99. The molecule has 1 aromatic rings. The van der Waals surface area contributed by atoms with Crippen LogP contribution in [-0.4, -0.2) is 38.6 Å². The summed E-state index contributed by atoms with van der Waals surface area (Å²) in [7, 11) is 3.18. The molecule has 0 spiro atoms. The minimum Gasteiger partial charge on any atom is -0.495 e. The van der Waals surface area contributed by atoms with Crippen LogP contribution in [-0.2, 0) is 4.74 Å². The van der Waals surface area contributed by atoms with Gasteiger partial charge in [0.05, 0.1) is 25.5 Å². The van der Waals surface area contributed by atoms with Gasteiger partial charge in [0.25, 0.3) is 0 Å². The molecule has 84 valence electrons. The number of aliphatic hydroxyl groups is 1. The Hall–Kier alpha value is -1.26. The van der Waals surface area contributed by atoms with Crippen LogP contribution in [0.5, 0.6) is 5.75 Å². The number of benzene rings is 1. The van der Waals surface area contributed by atoms with Crippen molar-refractivity contribution < 1.29 is 14.6 Å². The zero-order chi connectivity index (χ0) is 11.1. The van der Waals surface area contributed by atoms with Crippen molar-refractivity contribution in [1.82, 2.24) is 0 Å². The van der Waals surface area contributed by atoms with Crippen molar-refractivity contribution in [2.24, 2.45) is 0 Å².